The smallest absolute Gasteiger partial charge is 0.345 e. The van der Waals surface area contributed by atoms with E-state index in [1.165, 1.54) is 0 Å². The Labute approximate surface area is 195 Å². The summed E-state index contributed by atoms with van der Waals surface area (Å²) in [5.74, 6) is -0.770. The maximum Gasteiger partial charge on any atom is 0.435 e. The molecule has 1 aromatic carbocycles. The molecule has 1 N–H and O–H groups in total. The minimum atomic E-state index is -4.69. The number of halogens is 3. The van der Waals surface area contributed by atoms with E-state index < -0.39 is 28.7 Å². The van der Waals surface area contributed by atoms with Gasteiger partial charge in [0.1, 0.15) is 4.88 Å². The number of pyridine rings is 1. The summed E-state index contributed by atoms with van der Waals surface area (Å²) in [6, 6.07) is 10.8. The molecule has 0 saturated carbocycles. The predicted octanol–water partition coefficient (Wildman–Crippen LogP) is 5.60. The van der Waals surface area contributed by atoms with E-state index in [0.29, 0.717) is 18.0 Å². The van der Waals surface area contributed by atoms with E-state index in [1.807, 2.05) is 50.2 Å². The van der Waals surface area contributed by atoms with Crippen molar-refractivity contribution >= 4 is 17.2 Å². The summed E-state index contributed by atoms with van der Waals surface area (Å²) < 4.78 is 40.8. The molecule has 2 aromatic heterocycles. The van der Waals surface area contributed by atoms with Gasteiger partial charge in [-0.25, -0.2) is 4.98 Å². The zero-order valence-electron chi connectivity index (χ0n) is 18.8. The second-order valence-corrected chi connectivity index (χ2v) is 8.71. The van der Waals surface area contributed by atoms with E-state index >= 15 is 0 Å². The highest BCUT2D eigenvalue weighted by Gasteiger charge is 2.39. The van der Waals surface area contributed by atoms with E-state index in [2.05, 4.69) is 20.2 Å². The molecule has 33 heavy (non-hydrogen) atoms. The molecule has 2 heterocycles. The van der Waals surface area contributed by atoms with Gasteiger partial charge in [0.05, 0.1) is 11.0 Å². The van der Waals surface area contributed by atoms with E-state index in [-0.39, 0.29) is 0 Å². The summed E-state index contributed by atoms with van der Waals surface area (Å²) in [5.41, 5.74) is 1.49. The number of nitrogens with one attached hydrogen (secondary N) is 1. The zero-order valence-corrected chi connectivity index (χ0v) is 19.6. The Balaban J connectivity index is 1.79. The summed E-state index contributed by atoms with van der Waals surface area (Å²) >= 11 is 0.817. The van der Waals surface area contributed by atoms with Crippen LogP contribution in [0.2, 0.25) is 0 Å². The number of carbonyl (C=O) groups is 1. The molecule has 3 rings (SSSR count). The van der Waals surface area contributed by atoms with Crippen LogP contribution in [-0.2, 0) is 12.6 Å². The molecule has 0 aliphatic carbocycles. The Kier molecular flexibility index (Phi) is 8.20. The van der Waals surface area contributed by atoms with Gasteiger partial charge in [-0.2, -0.15) is 13.2 Å². The van der Waals surface area contributed by atoms with Gasteiger partial charge in [-0.05, 0) is 48.8 Å². The van der Waals surface area contributed by atoms with Crippen molar-refractivity contribution in [2.45, 2.75) is 39.4 Å². The minimum Gasteiger partial charge on any atom is -0.345 e. The molecule has 3 aromatic rings. The van der Waals surface area contributed by atoms with Crippen molar-refractivity contribution < 1.29 is 18.0 Å². The topological polar surface area (TPSA) is 58.1 Å². The van der Waals surface area contributed by atoms with Gasteiger partial charge in [-0.15, -0.1) is 11.3 Å². The number of rotatable bonds is 9. The lowest BCUT2D eigenvalue weighted by Crippen LogP contribution is -2.28. The molecule has 5 nitrogen and oxygen atoms in total. The Hall–Kier alpha value is -2.78. The minimum absolute atomic E-state index is 0.311. The van der Waals surface area contributed by atoms with Crippen LogP contribution in [0.4, 0.5) is 13.2 Å². The average molecular weight is 477 g/mol. The molecule has 1 amide bonds. The van der Waals surface area contributed by atoms with Crippen LogP contribution in [0.15, 0.2) is 48.8 Å². The molecule has 0 radical (unpaired) electrons. The van der Waals surface area contributed by atoms with Gasteiger partial charge >= 0.3 is 6.18 Å². The largest absolute Gasteiger partial charge is 0.435 e. The number of nitrogens with zero attached hydrogens (tertiary/aromatic N) is 3. The Morgan fingerprint density at radius 3 is 2.52 bits per heavy atom. The molecule has 176 valence electrons. The number of hydrogen-bond donors (Lipinski definition) is 1. The van der Waals surface area contributed by atoms with Crippen LogP contribution in [0.3, 0.4) is 0 Å². The highest BCUT2D eigenvalue weighted by Crippen LogP contribution is 2.35. The first-order valence-corrected chi connectivity index (χ1v) is 11.6. The molecule has 0 fully saturated rings. The zero-order chi connectivity index (χ0) is 24.0. The number of hydrogen-bond acceptors (Lipinski definition) is 5. The van der Waals surface area contributed by atoms with Crippen molar-refractivity contribution in [3.63, 3.8) is 0 Å². The van der Waals surface area contributed by atoms with Crippen LogP contribution >= 0.6 is 11.3 Å². The molecule has 0 aliphatic heterocycles. The van der Waals surface area contributed by atoms with Crippen LogP contribution in [0.5, 0.6) is 0 Å². The number of amides is 1. The van der Waals surface area contributed by atoms with Crippen LogP contribution in [0.25, 0.3) is 11.1 Å². The normalized spacial score (nSPS) is 12.7. The maximum absolute atomic E-state index is 13.6. The Bertz CT molecular complexity index is 1070. The van der Waals surface area contributed by atoms with Gasteiger partial charge in [0.2, 0.25) is 0 Å². The lowest BCUT2D eigenvalue weighted by atomic mass is 10.0. The number of thiazole rings is 1. The molecule has 1 unspecified atom stereocenters. The van der Waals surface area contributed by atoms with Crippen molar-refractivity contribution in [1.29, 1.82) is 0 Å². The highest BCUT2D eigenvalue weighted by atomic mass is 32.1. The quantitative estimate of drug-likeness (QED) is 0.437. The van der Waals surface area contributed by atoms with Gasteiger partial charge in [-0.1, -0.05) is 38.1 Å². The lowest BCUT2D eigenvalue weighted by molar-refractivity contribution is -0.141. The molecule has 9 heteroatoms. The number of carbonyl (C=O) groups excluding carboxylic acids is 1. The van der Waals surface area contributed by atoms with Gasteiger partial charge in [0, 0.05) is 25.4 Å². The SMILES string of the molecule is CCN(CC)CCc1nc(C(F)(F)F)c(C(=O)NC(C)c2cccc(-c3cccnc3)c2)s1. The molecular formula is C24H27F3N4OS. The number of benzene rings is 1. The van der Waals surface area contributed by atoms with Gasteiger partial charge < -0.3 is 10.2 Å². The summed E-state index contributed by atoms with van der Waals surface area (Å²) in [5, 5.41) is 3.02. The first kappa shape index (κ1) is 24.9. The summed E-state index contributed by atoms with van der Waals surface area (Å²) in [6.45, 7) is 7.94. The van der Waals surface area contributed by atoms with E-state index in [1.54, 1.807) is 19.3 Å². The van der Waals surface area contributed by atoms with E-state index in [0.717, 1.165) is 41.1 Å². The number of likely N-dealkylation sites (N-methyl/N-ethyl adjacent to an activating group) is 1. The van der Waals surface area contributed by atoms with E-state index in [9.17, 15) is 18.0 Å². The fourth-order valence-electron chi connectivity index (χ4n) is 3.48. The fourth-order valence-corrected chi connectivity index (χ4v) is 4.45. The third-order valence-electron chi connectivity index (χ3n) is 5.41. The third kappa shape index (κ3) is 6.39. The number of alkyl halides is 3. The summed E-state index contributed by atoms with van der Waals surface area (Å²) in [4.78, 5) is 22.4. The van der Waals surface area contributed by atoms with Crippen molar-refractivity contribution in [3.05, 3.63) is 69.9 Å². The van der Waals surface area contributed by atoms with Crippen LogP contribution in [0, 0.1) is 0 Å². The second kappa shape index (κ2) is 10.9. The van der Waals surface area contributed by atoms with Crippen LogP contribution < -0.4 is 5.32 Å². The Morgan fingerprint density at radius 1 is 1.15 bits per heavy atom. The highest BCUT2D eigenvalue weighted by molar-refractivity contribution is 7.13. The van der Waals surface area contributed by atoms with Crippen molar-refractivity contribution in [1.82, 2.24) is 20.2 Å². The summed E-state index contributed by atoms with van der Waals surface area (Å²) in [6.07, 6.45) is -0.916. The van der Waals surface area contributed by atoms with Crippen LogP contribution in [0.1, 0.15) is 52.7 Å². The fraction of sp³-hybridized carbons (Fsp3) is 0.375. The molecule has 0 bridgehead atoms. The first-order chi connectivity index (χ1) is 15.7. The molecule has 1 atom stereocenters. The van der Waals surface area contributed by atoms with Crippen molar-refractivity contribution in [2.75, 3.05) is 19.6 Å². The average Bonchev–Trinajstić information content (AvgIpc) is 3.26. The van der Waals surface area contributed by atoms with Crippen LogP contribution in [-0.4, -0.2) is 40.4 Å². The Morgan fingerprint density at radius 2 is 1.88 bits per heavy atom. The molecule has 0 saturated heterocycles. The third-order valence-corrected chi connectivity index (χ3v) is 6.53. The van der Waals surface area contributed by atoms with E-state index in [4.69, 9.17) is 0 Å². The van der Waals surface area contributed by atoms with Gasteiger partial charge in [0.15, 0.2) is 5.69 Å². The number of aromatic nitrogens is 2. The van der Waals surface area contributed by atoms with Gasteiger partial charge in [-0.3, -0.25) is 9.78 Å². The lowest BCUT2D eigenvalue weighted by Gasteiger charge is -2.16. The van der Waals surface area contributed by atoms with Crippen molar-refractivity contribution in [2.24, 2.45) is 0 Å². The standard InChI is InChI=1S/C24H27F3N4OS/c1-4-31(5-2)13-11-20-30-22(24(25,26)27)21(33-20)23(32)29-16(3)17-8-6-9-18(14-17)19-10-7-12-28-15-19/h6-10,12,14-16H,4-5,11,13H2,1-3H3,(H,29,32). The maximum atomic E-state index is 13.6. The predicted molar refractivity (Wildman–Crippen MR) is 124 cm³/mol. The summed E-state index contributed by atoms with van der Waals surface area (Å²) in [7, 11) is 0. The first-order valence-electron chi connectivity index (χ1n) is 10.8. The van der Waals surface area contributed by atoms with Crippen molar-refractivity contribution in [3.8, 4) is 11.1 Å². The second-order valence-electron chi connectivity index (χ2n) is 7.62. The van der Waals surface area contributed by atoms with Gasteiger partial charge in [0.25, 0.3) is 5.91 Å². The molecular weight excluding hydrogens is 449 g/mol. The monoisotopic (exact) mass is 476 g/mol. The molecule has 0 aliphatic rings. The molecule has 0 spiro atoms.